The molecule has 0 fully saturated rings. The van der Waals surface area contributed by atoms with Crippen LogP contribution in [0.25, 0.3) is 11.4 Å². The molecule has 1 aromatic heterocycles. The number of benzene rings is 3. The fourth-order valence-electron chi connectivity index (χ4n) is 3.37. The summed E-state index contributed by atoms with van der Waals surface area (Å²) in [5.41, 5.74) is 2.37. The van der Waals surface area contributed by atoms with Crippen LogP contribution in [0.2, 0.25) is 0 Å². The van der Waals surface area contributed by atoms with Crippen molar-refractivity contribution >= 4 is 5.91 Å². The van der Waals surface area contributed by atoms with E-state index in [4.69, 9.17) is 4.52 Å². The molecule has 0 radical (unpaired) electrons. The van der Waals surface area contributed by atoms with Gasteiger partial charge in [0.2, 0.25) is 17.6 Å². The summed E-state index contributed by atoms with van der Waals surface area (Å²) >= 11 is 0. The number of hydrogen-bond acceptors (Lipinski definition) is 4. The van der Waals surface area contributed by atoms with E-state index in [1.54, 1.807) is 24.3 Å². The fourth-order valence-corrected chi connectivity index (χ4v) is 3.37. The fraction of sp³-hybridized carbons (Fsp3) is 0.160. The van der Waals surface area contributed by atoms with Crippen LogP contribution in [0, 0.1) is 11.6 Å². The van der Waals surface area contributed by atoms with Gasteiger partial charge in [0.15, 0.2) is 0 Å². The number of halogens is 2. The Morgan fingerprint density at radius 1 is 0.875 bits per heavy atom. The summed E-state index contributed by atoms with van der Waals surface area (Å²) in [6.07, 6.45) is 1.22. The summed E-state index contributed by atoms with van der Waals surface area (Å²) in [7, 11) is 0. The third kappa shape index (κ3) is 5.43. The van der Waals surface area contributed by atoms with E-state index < -0.39 is 0 Å². The van der Waals surface area contributed by atoms with E-state index in [0.29, 0.717) is 30.1 Å². The van der Waals surface area contributed by atoms with Gasteiger partial charge in [-0.05, 0) is 53.9 Å². The second kappa shape index (κ2) is 9.96. The molecule has 0 aliphatic carbocycles. The van der Waals surface area contributed by atoms with Crippen LogP contribution in [-0.2, 0) is 11.2 Å². The van der Waals surface area contributed by atoms with E-state index in [2.05, 4.69) is 15.5 Å². The smallest absolute Gasteiger partial charge is 0.226 e. The number of amides is 1. The van der Waals surface area contributed by atoms with E-state index in [1.807, 2.05) is 30.3 Å². The van der Waals surface area contributed by atoms with Gasteiger partial charge in [0, 0.05) is 18.4 Å². The van der Waals surface area contributed by atoms with Crippen LogP contribution >= 0.6 is 0 Å². The second-order valence-corrected chi connectivity index (χ2v) is 7.33. The van der Waals surface area contributed by atoms with Gasteiger partial charge in [-0.25, -0.2) is 8.78 Å². The molecular formula is C25H21F2N3O2. The number of carbonyl (C=O) groups excluding carboxylic acids is 1. The highest BCUT2D eigenvalue weighted by Crippen LogP contribution is 2.23. The van der Waals surface area contributed by atoms with Gasteiger partial charge in [0.05, 0.1) is 6.04 Å². The van der Waals surface area contributed by atoms with Crippen LogP contribution in [0.1, 0.15) is 35.9 Å². The molecule has 0 bridgehead atoms. The van der Waals surface area contributed by atoms with Crippen LogP contribution in [0.3, 0.4) is 0 Å². The number of carbonyl (C=O) groups is 1. The Bertz CT molecular complexity index is 1160. The van der Waals surface area contributed by atoms with Gasteiger partial charge >= 0.3 is 0 Å². The molecule has 1 unspecified atom stereocenters. The normalized spacial score (nSPS) is 11.8. The molecule has 4 rings (SSSR count). The van der Waals surface area contributed by atoms with Crippen LogP contribution in [0.5, 0.6) is 0 Å². The molecule has 0 saturated heterocycles. The SMILES string of the molecule is O=C(CCCc1nc(-c2ccc(F)cc2)no1)NC(c1ccccc1)c1ccc(F)cc1. The molecular weight excluding hydrogens is 412 g/mol. The third-order valence-corrected chi connectivity index (χ3v) is 5.01. The molecule has 0 saturated carbocycles. The van der Waals surface area contributed by atoms with Gasteiger partial charge in [-0.2, -0.15) is 4.98 Å². The highest BCUT2D eigenvalue weighted by atomic mass is 19.1. The van der Waals surface area contributed by atoms with Gasteiger partial charge < -0.3 is 9.84 Å². The Balaban J connectivity index is 1.36. The van der Waals surface area contributed by atoms with E-state index in [9.17, 15) is 13.6 Å². The number of hydrogen-bond donors (Lipinski definition) is 1. The third-order valence-electron chi connectivity index (χ3n) is 5.01. The zero-order valence-corrected chi connectivity index (χ0v) is 17.2. The predicted octanol–water partition coefficient (Wildman–Crippen LogP) is 5.24. The maximum Gasteiger partial charge on any atom is 0.226 e. The largest absolute Gasteiger partial charge is 0.345 e. The molecule has 5 nitrogen and oxygen atoms in total. The number of aromatic nitrogens is 2. The van der Waals surface area contributed by atoms with E-state index in [1.165, 1.54) is 24.3 Å². The zero-order chi connectivity index (χ0) is 22.3. The molecule has 7 heteroatoms. The summed E-state index contributed by atoms with van der Waals surface area (Å²) in [5, 5.41) is 6.94. The van der Waals surface area contributed by atoms with Crippen molar-refractivity contribution in [1.82, 2.24) is 15.5 Å². The zero-order valence-electron chi connectivity index (χ0n) is 17.2. The van der Waals surface area contributed by atoms with Crippen molar-refractivity contribution in [2.75, 3.05) is 0 Å². The standard InChI is InChI=1S/C25H21F2N3O2/c26-20-13-9-18(10-14-20)24(17-5-2-1-3-6-17)28-22(31)7-4-8-23-29-25(30-32-23)19-11-15-21(27)16-12-19/h1-3,5-6,9-16,24H,4,7-8H2,(H,28,31). The second-order valence-electron chi connectivity index (χ2n) is 7.33. The Morgan fingerprint density at radius 2 is 1.50 bits per heavy atom. The minimum atomic E-state index is -0.377. The number of rotatable bonds is 8. The van der Waals surface area contributed by atoms with Crippen LogP contribution in [0.15, 0.2) is 83.4 Å². The number of nitrogens with one attached hydrogen (secondary N) is 1. The number of nitrogens with zero attached hydrogens (tertiary/aromatic N) is 2. The molecule has 32 heavy (non-hydrogen) atoms. The summed E-state index contributed by atoms with van der Waals surface area (Å²) in [5.74, 6) is -0.00833. The van der Waals surface area contributed by atoms with Crippen molar-refractivity contribution < 1.29 is 18.1 Å². The van der Waals surface area contributed by atoms with Gasteiger partial charge in [-0.3, -0.25) is 4.79 Å². The minimum absolute atomic E-state index is 0.138. The first-order valence-electron chi connectivity index (χ1n) is 10.3. The van der Waals surface area contributed by atoms with Crippen molar-refractivity contribution in [2.24, 2.45) is 0 Å². The molecule has 162 valence electrons. The van der Waals surface area contributed by atoms with Crippen molar-refractivity contribution in [2.45, 2.75) is 25.3 Å². The molecule has 0 spiro atoms. The molecule has 1 heterocycles. The molecule has 1 N–H and O–H groups in total. The van der Waals surface area contributed by atoms with Gasteiger partial charge in [0.1, 0.15) is 11.6 Å². The summed E-state index contributed by atoms with van der Waals surface area (Å²) in [6.45, 7) is 0. The van der Waals surface area contributed by atoms with Crippen LogP contribution in [0.4, 0.5) is 8.78 Å². The highest BCUT2D eigenvalue weighted by Gasteiger charge is 2.17. The molecule has 0 aliphatic heterocycles. The summed E-state index contributed by atoms with van der Waals surface area (Å²) in [4.78, 5) is 16.9. The van der Waals surface area contributed by atoms with Crippen molar-refractivity contribution in [1.29, 1.82) is 0 Å². The molecule has 0 aliphatic rings. The van der Waals surface area contributed by atoms with E-state index >= 15 is 0 Å². The Kier molecular flexibility index (Phi) is 6.65. The maximum atomic E-state index is 13.3. The van der Waals surface area contributed by atoms with Crippen LogP contribution in [-0.4, -0.2) is 16.0 Å². The first-order valence-corrected chi connectivity index (χ1v) is 10.3. The molecule has 4 aromatic rings. The first-order chi connectivity index (χ1) is 15.6. The lowest BCUT2D eigenvalue weighted by molar-refractivity contribution is -0.121. The lowest BCUT2D eigenvalue weighted by Crippen LogP contribution is -2.29. The minimum Gasteiger partial charge on any atom is -0.345 e. The quantitative estimate of drug-likeness (QED) is 0.412. The monoisotopic (exact) mass is 433 g/mol. The van der Waals surface area contributed by atoms with Crippen molar-refractivity contribution in [3.63, 3.8) is 0 Å². The van der Waals surface area contributed by atoms with Crippen molar-refractivity contribution in [3.8, 4) is 11.4 Å². The maximum absolute atomic E-state index is 13.3. The van der Waals surface area contributed by atoms with E-state index in [0.717, 1.165) is 11.1 Å². The Hall–Kier alpha value is -3.87. The summed E-state index contributed by atoms with van der Waals surface area (Å²) < 4.78 is 31.6. The molecule has 1 atom stereocenters. The lowest BCUT2D eigenvalue weighted by atomic mass is 9.98. The Morgan fingerprint density at radius 3 is 2.19 bits per heavy atom. The van der Waals surface area contributed by atoms with Crippen LogP contribution < -0.4 is 5.32 Å². The van der Waals surface area contributed by atoms with E-state index in [-0.39, 0.29) is 30.0 Å². The molecule has 3 aromatic carbocycles. The summed E-state index contributed by atoms with van der Waals surface area (Å²) in [6, 6.07) is 21.1. The number of aryl methyl sites for hydroxylation is 1. The van der Waals surface area contributed by atoms with Gasteiger partial charge in [-0.1, -0.05) is 47.6 Å². The van der Waals surface area contributed by atoms with Gasteiger partial charge in [-0.15, -0.1) is 0 Å². The molecule has 1 amide bonds. The average Bonchev–Trinajstić information content (AvgIpc) is 3.28. The van der Waals surface area contributed by atoms with Crippen molar-refractivity contribution in [3.05, 3.63) is 108 Å². The lowest BCUT2D eigenvalue weighted by Gasteiger charge is -2.20. The topological polar surface area (TPSA) is 68.0 Å². The first kappa shape index (κ1) is 21.4. The highest BCUT2D eigenvalue weighted by molar-refractivity contribution is 5.77. The Labute approximate surface area is 184 Å². The predicted molar refractivity (Wildman–Crippen MR) is 115 cm³/mol. The average molecular weight is 433 g/mol. The van der Waals surface area contributed by atoms with Gasteiger partial charge in [0.25, 0.3) is 0 Å².